The number of nitrogens with zero attached hydrogens (tertiary/aromatic N) is 1. The molecule has 3 N–H and O–H groups in total. The Morgan fingerprint density at radius 1 is 1.41 bits per heavy atom. The van der Waals surface area contributed by atoms with Crippen LogP contribution in [0, 0.1) is 0 Å². The summed E-state index contributed by atoms with van der Waals surface area (Å²) in [5, 5.41) is 5.08. The highest BCUT2D eigenvalue weighted by atomic mass is 32.1. The Morgan fingerprint density at radius 2 is 2.00 bits per heavy atom. The van der Waals surface area contributed by atoms with Crippen LogP contribution >= 0.6 is 11.3 Å². The zero-order valence-corrected chi connectivity index (χ0v) is 11.6. The van der Waals surface area contributed by atoms with Gasteiger partial charge in [-0.15, -0.1) is 11.3 Å². The third-order valence-corrected chi connectivity index (χ3v) is 2.65. The molecular formula is C11H19N3O2S. The van der Waals surface area contributed by atoms with Gasteiger partial charge in [0.05, 0.1) is 11.2 Å². The fraction of sp³-hybridized carbons (Fsp3) is 0.636. The van der Waals surface area contributed by atoms with E-state index in [1.807, 2.05) is 40.0 Å². The number of carbonyl (C=O) groups excluding carboxylic acids is 1. The zero-order chi connectivity index (χ0) is 13.3. The number of hydrogen-bond acceptors (Lipinski definition) is 5. The lowest BCUT2D eigenvalue weighted by Gasteiger charge is -2.27. The largest absolute Gasteiger partial charge is 0.444 e. The van der Waals surface area contributed by atoms with Crippen LogP contribution in [0.1, 0.15) is 40.3 Å². The number of carbonyl (C=O) groups is 1. The molecule has 0 aliphatic heterocycles. The van der Waals surface area contributed by atoms with Crippen molar-refractivity contribution < 1.29 is 9.53 Å². The highest BCUT2D eigenvalue weighted by Gasteiger charge is 2.28. The fourth-order valence-electron chi connectivity index (χ4n) is 1.20. The quantitative estimate of drug-likeness (QED) is 0.853. The molecule has 0 bridgehead atoms. The second-order valence-electron chi connectivity index (χ2n) is 5.32. The van der Waals surface area contributed by atoms with Gasteiger partial charge >= 0.3 is 6.09 Å². The van der Waals surface area contributed by atoms with Gasteiger partial charge < -0.3 is 15.8 Å². The normalized spacial score (nSPS) is 12.3. The third kappa shape index (κ3) is 4.22. The minimum absolute atomic E-state index is 0.464. The number of alkyl carbamates (subject to hydrolysis) is 1. The van der Waals surface area contributed by atoms with Crippen molar-refractivity contribution in [3.63, 3.8) is 0 Å². The second kappa shape index (κ2) is 4.52. The van der Waals surface area contributed by atoms with Gasteiger partial charge in [0.1, 0.15) is 5.60 Å². The molecule has 1 aromatic rings. The lowest BCUT2D eigenvalue weighted by Crippen LogP contribution is -2.44. The van der Waals surface area contributed by atoms with Gasteiger partial charge in [0.15, 0.2) is 5.13 Å². The van der Waals surface area contributed by atoms with Crippen molar-refractivity contribution >= 4 is 22.6 Å². The SMILES string of the molecule is CC(C)(C)OC(=O)NC(C)(C)c1csc(N)n1. The molecule has 6 heteroatoms. The first-order chi connectivity index (χ1) is 7.60. The molecule has 0 unspecified atom stereocenters. The maximum Gasteiger partial charge on any atom is 0.408 e. The topological polar surface area (TPSA) is 77.2 Å². The molecule has 0 saturated heterocycles. The molecule has 0 aromatic carbocycles. The monoisotopic (exact) mass is 257 g/mol. The summed E-state index contributed by atoms with van der Waals surface area (Å²) in [5.74, 6) is 0. The lowest BCUT2D eigenvalue weighted by atomic mass is 10.0. The van der Waals surface area contributed by atoms with Crippen LogP contribution in [-0.2, 0) is 10.3 Å². The highest BCUT2D eigenvalue weighted by Crippen LogP contribution is 2.23. The van der Waals surface area contributed by atoms with E-state index >= 15 is 0 Å². The molecule has 1 heterocycles. The van der Waals surface area contributed by atoms with Gasteiger partial charge in [-0.1, -0.05) is 0 Å². The molecule has 0 fully saturated rings. The number of anilines is 1. The maximum atomic E-state index is 11.7. The molecule has 1 aromatic heterocycles. The van der Waals surface area contributed by atoms with Gasteiger partial charge in [-0.05, 0) is 34.6 Å². The summed E-state index contributed by atoms with van der Waals surface area (Å²) in [7, 11) is 0. The van der Waals surface area contributed by atoms with Gasteiger partial charge in [-0.25, -0.2) is 9.78 Å². The van der Waals surface area contributed by atoms with E-state index in [0.717, 1.165) is 5.69 Å². The minimum atomic E-state index is -0.601. The van der Waals surface area contributed by atoms with Crippen molar-refractivity contribution in [2.75, 3.05) is 5.73 Å². The summed E-state index contributed by atoms with van der Waals surface area (Å²) in [5.41, 5.74) is 5.19. The number of ether oxygens (including phenoxy) is 1. The van der Waals surface area contributed by atoms with Gasteiger partial charge in [0.25, 0.3) is 0 Å². The zero-order valence-electron chi connectivity index (χ0n) is 10.8. The van der Waals surface area contributed by atoms with E-state index < -0.39 is 17.2 Å². The molecule has 0 aliphatic rings. The van der Waals surface area contributed by atoms with E-state index in [1.165, 1.54) is 11.3 Å². The highest BCUT2D eigenvalue weighted by molar-refractivity contribution is 7.13. The minimum Gasteiger partial charge on any atom is -0.444 e. The molecule has 1 rings (SSSR count). The molecule has 5 nitrogen and oxygen atoms in total. The molecule has 1 amide bonds. The number of aromatic nitrogens is 1. The molecule has 0 radical (unpaired) electrons. The van der Waals surface area contributed by atoms with Crippen molar-refractivity contribution in [2.24, 2.45) is 0 Å². The van der Waals surface area contributed by atoms with Crippen molar-refractivity contribution in [2.45, 2.75) is 45.8 Å². The van der Waals surface area contributed by atoms with E-state index in [4.69, 9.17) is 10.5 Å². The molecule has 0 atom stereocenters. The Labute approximate surface area is 105 Å². The standard InChI is InChI=1S/C11H19N3O2S/c1-10(2,3)16-9(15)14-11(4,5)7-6-17-8(12)13-7/h6H,1-5H3,(H2,12,13)(H,14,15). The Kier molecular flexibility index (Phi) is 3.66. The smallest absolute Gasteiger partial charge is 0.408 e. The average molecular weight is 257 g/mol. The van der Waals surface area contributed by atoms with Crippen LogP contribution in [0.3, 0.4) is 0 Å². The van der Waals surface area contributed by atoms with Crippen LogP contribution in [0.5, 0.6) is 0 Å². The number of nitrogen functional groups attached to an aromatic ring is 1. The Balaban J connectivity index is 2.70. The first-order valence-corrected chi connectivity index (χ1v) is 6.21. The number of hydrogen-bond donors (Lipinski definition) is 2. The Morgan fingerprint density at radius 3 is 2.41 bits per heavy atom. The molecule has 0 saturated carbocycles. The Bertz CT molecular complexity index is 407. The van der Waals surface area contributed by atoms with Crippen LogP contribution in [0.2, 0.25) is 0 Å². The third-order valence-electron chi connectivity index (χ3n) is 1.98. The number of amides is 1. The number of rotatable bonds is 2. The van der Waals surface area contributed by atoms with Gasteiger partial charge in [-0.3, -0.25) is 0 Å². The maximum absolute atomic E-state index is 11.7. The number of nitrogens with one attached hydrogen (secondary N) is 1. The Hall–Kier alpha value is -1.30. The van der Waals surface area contributed by atoms with Gasteiger partial charge in [0.2, 0.25) is 0 Å². The van der Waals surface area contributed by atoms with Crippen molar-refractivity contribution in [3.8, 4) is 0 Å². The predicted molar refractivity (Wildman–Crippen MR) is 68.9 cm³/mol. The summed E-state index contributed by atoms with van der Waals surface area (Å²) in [4.78, 5) is 15.8. The van der Waals surface area contributed by atoms with Crippen LogP contribution < -0.4 is 11.1 Å². The van der Waals surface area contributed by atoms with Gasteiger partial charge in [0, 0.05) is 5.38 Å². The van der Waals surface area contributed by atoms with Crippen molar-refractivity contribution in [1.29, 1.82) is 0 Å². The van der Waals surface area contributed by atoms with E-state index in [9.17, 15) is 4.79 Å². The van der Waals surface area contributed by atoms with Crippen molar-refractivity contribution in [1.82, 2.24) is 10.3 Å². The van der Waals surface area contributed by atoms with Crippen molar-refractivity contribution in [3.05, 3.63) is 11.1 Å². The van der Waals surface area contributed by atoms with Gasteiger partial charge in [-0.2, -0.15) is 0 Å². The fourth-order valence-corrected chi connectivity index (χ4v) is 1.93. The number of thiazole rings is 1. The summed E-state index contributed by atoms with van der Waals surface area (Å²) in [6, 6.07) is 0. The van der Waals surface area contributed by atoms with E-state index in [2.05, 4.69) is 10.3 Å². The first kappa shape index (κ1) is 13.8. The van der Waals surface area contributed by atoms with Crippen LogP contribution in [-0.4, -0.2) is 16.7 Å². The van der Waals surface area contributed by atoms with E-state index in [1.54, 1.807) is 0 Å². The molecular weight excluding hydrogens is 238 g/mol. The van der Waals surface area contributed by atoms with E-state index in [0.29, 0.717) is 5.13 Å². The van der Waals surface area contributed by atoms with Crippen LogP contribution in [0.15, 0.2) is 5.38 Å². The van der Waals surface area contributed by atoms with E-state index in [-0.39, 0.29) is 0 Å². The average Bonchev–Trinajstić information content (AvgIpc) is 2.46. The molecule has 17 heavy (non-hydrogen) atoms. The summed E-state index contributed by atoms with van der Waals surface area (Å²) >= 11 is 1.35. The molecule has 0 aliphatic carbocycles. The lowest BCUT2D eigenvalue weighted by molar-refractivity contribution is 0.0468. The van der Waals surface area contributed by atoms with Crippen LogP contribution in [0.4, 0.5) is 9.93 Å². The molecule has 96 valence electrons. The second-order valence-corrected chi connectivity index (χ2v) is 6.21. The number of nitrogens with two attached hydrogens (primary N) is 1. The summed E-state index contributed by atoms with van der Waals surface area (Å²) in [6.45, 7) is 9.16. The summed E-state index contributed by atoms with van der Waals surface area (Å²) < 4.78 is 5.20. The summed E-state index contributed by atoms with van der Waals surface area (Å²) in [6.07, 6.45) is -0.464. The molecule has 0 spiro atoms. The first-order valence-electron chi connectivity index (χ1n) is 5.33. The predicted octanol–water partition coefficient (Wildman–Crippen LogP) is 2.49. The van der Waals surface area contributed by atoms with Crippen LogP contribution in [0.25, 0.3) is 0 Å².